The van der Waals surface area contributed by atoms with Crippen LogP contribution in [0.5, 0.6) is 11.5 Å². The molecule has 0 radical (unpaired) electrons. The predicted molar refractivity (Wildman–Crippen MR) is 434 cm³/mol. The topological polar surface area (TPSA) is 114 Å². The van der Waals surface area contributed by atoms with Crippen LogP contribution in [0.3, 0.4) is 0 Å². The van der Waals surface area contributed by atoms with Crippen LogP contribution in [0.2, 0.25) is 5.15 Å². The largest absolute Gasteiger partial charge is 1.00 e. The van der Waals surface area contributed by atoms with Gasteiger partial charge in [0.2, 0.25) is 6.34 Å². The molecule has 10 aromatic rings. The van der Waals surface area contributed by atoms with Gasteiger partial charge < -0.3 is 41.6 Å². The second kappa shape index (κ2) is 32.6. The number of anilines is 2. The summed E-state index contributed by atoms with van der Waals surface area (Å²) < 4.78 is 28.8. The summed E-state index contributed by atoms with van der Waals surface area (Å²) in [5.74, 6) is 4.89. The summed E-state index contributed by atoms with van der Waals surface area (Å²) in [4.78, 5) is 18.6. The maximum Gasteiger partial charge on any atom is 0.244 e. The number of halogens is 2. The summed E-state index contributed by atoms with van der Waals surface area (Å²) in [6.07, 6.45) is 17.1. The molecular formula is C92H107Cl2N9O4. The van der Waals surface area contributed by atoms with Crippen LogP contribution in [-0.2, 0) is 21.6 Å². The zero-order valence-corrected chi connectivity index (χ0v) is 64.8. The van der Waals surface area contributed by atoms with E-state index in [-0.39, 0.29) is 31.0 Å². The second-order valence-corrected chi connectivity index (χ2v) is 32.2. The van der Waals surface area contributed by atoms with Gasteiger partial charge in [-0.15, -0.1) is 0 Å². The molecule has 558 valence electrons. The molecule has 107 heavy (non-hydrogen) atoms. The molecule has 8 aliphatic rings. The molecule has 4 bridgehead atoms. The summed E-state index contributed by atoms with van der Waals surface area (Å²) in [5.41, 5.74) is 18.6. The Morgan fingerprint density at radius 3 is 1.60 bits per heavy atom. The smallest absolute Gasteiger partial charge is 0.244 e. The molecule has 2 aliphatic carbocycles. The minimum Gasteiger partial charge on any atom is -1.00 e. The van der Waals surface area contributed by atoms with Gasteiger partial charge in [-0.05, 0) is 166 Å². The van der Waals surface area contributed by atoms with Gasteiger partial charge >= 0.3 is 0 Å². The molecule has 9 heterocycles. The fourth-order valence-electron chi connectivity index (χ4n) is 16.2. The first-order valence-electron chi connectivity index (χ1n) is 38.6. The average molecular weight is 1470 g/mol. The quantitative estimate of drug-likeness (QED) is 0.0537. The molecule has 0 spiro atoms. The number of hydrogen-bond donors (Lipinski definition) is 1. The fourth-order valence-corrected chi connectivity index (χ4v) is 16.4. The van der Waals surface area contributed by atoms with Crippen molar-refractivity contribution >= 4 is 51.7 Å². The number of pyridine rings is 2. The monoisotopic (exact) mass is 1470 g/mol. The molecule has 4 unspecified atom stereocenters. The highest BCUT2D eigenvalue weighted by molar-refractivity contribution is 6.29. The molecule has 1 N–H and O–H groups in total. The van der Waals surface area contributed by atoms with Gasteiger partial charge in [0.1, 0.15) is 69.4 Å². The van der Waals surface area contributed by atoms with Crippen LogP contribution in [0.15, 0.2) is 205 Å². The molecule has 0 amide bonds. The van der Waals surface area contributed by atoms with E-state index >= 15 is 0 Å². The average Bonchev–Trinajstić information content (AvgIpc) is 1.69. The Kier molecular flexibility index (Phi) is 23.3. The van der Waals surface area contributed by atoms with Gasteiger partial charge in [0.15, 0.2) is 0 Å². The molecule has 3 aromatic heterocycles. The van der Waals surface area contributed by atoms with Crippen molar-refractivity contribution in [1.29, 1.82) is 0 Å². The molecule has 6 fully saturated rings. The van der Waals surface area contributed by atoms with Gasteiger partial charge in [0, 0.05) is 82.9 Å². The van der Waals surface area contributed by atoms with E-state index in [1.54, 1.807) is 6.20 Å². The molecule has 6 aliphatic heterocycles. The standard InChI is InChI=1S/C35H28ClN3O.C27H39N2.C23H25N3O2.C6H11NO.CH4.ClH/c1-34(20-21-34)40-29-17-18-31-30(24-29)33(25-19-22-37-32(36)23-25)38-39(31)35(26-11-5-2-6-12-26,27-13-7-3-8-14-27)28-15-9-4-10-16-28;1-18(2)22-11-9-12-23(19(3)4)26(22)28-15-16-29(17-28)27-24(20(5)6)13-10-14-25(27)21(7)8;1-23(7-8-23)28-17-3-2-16-12-25-22(20(16)11-17)15-6-9-24-21(10-15)26-13-18-4-5-19(14-26)27-18;1-2-6-4-7-3-5(1)8-6;;/h2-19,22-24H,20-21H2,1H3;9-14,17-21H,15-16H2,1-8H3;2-3,6,9-11,18-19H,4-5,7-8,12-14H2,1H3;5-7H,1-4H2;1H4;1H/q;+1;;;;/p-1. The Hall–Kier alpha value is -8.69. The van der Waals surface area contributed by atoms with Crippen LogP contribution in [0.1, 0.15) is 207 Å². The van der Waals surface area contributed by atoms with Gasteiger partial charge in [-0.25, -0.2) is 24.1 Å². The summed E-state index contributed by atoms with van der Waals surface area (Å²) in [7, 11) is 0. The zero-order chi connectivity index (χ0) is 72.6. The van der Waals surface area contributed by atoms with Crippen LogP contribution in [-0.4, -0.2) is 111 Å². The number of para-hydroxylation sites is 2. The van der Waals surface area contributed by atoms with Crippen LogP contribution < -0.4 is 37.0 Å². The highest BCUT2D eigenvalue weighted by Gasteiger charge is 2.44. The van der Waals surface area contributed by atoms with Gasteiger partial charge in [0.25, 0.3) is 0 Å². The first kappa shape index (κ1) is 76.5. The molecular weight excluding hydrogens is 1370 g/mol. The number of aliphatic imine (C=N–C) groups is 1. The SMILES string of the molecule is C.C1CC2CNCC1O2.CC(C)c1cccc(C(C)C)c1N1C=[N+](c2c(C(C)C)cccc2C(C)C)CC1.CC1(Oc2ccc3c(c2)C(c2ccnc(N4CC5CCC(C4)O5)c2)=NC3)CC1.CC1(Oc2ccc3c(c2)c(-c2ccnc(Cl)c2)nn3C(c2ccccc2)(c2ccccc2)c2ccccc2)CC1.[Cl-]. The number of aromatic nitrogens is 4. The van der Waals surface area contributed by atoms with E-state index in [1.807, 2.05) is 18.3 Å². The van der Waals surface area contributed by atoms with E-state index in [1.165, 1.54) is 70.4 Å². The Balaban J connectivity index is 0.000000135. The number of morpholine rings is 2. The molecule has 13 nitrogen and oxygen atoms in total. The highest BCUT2D eigenvalue weighted by Crippen LogP contribution is 2.48. The van der Waals surface area contributed by atoms with Crippen molar-refractivity contribution in [3.05, 3.63) is 261 Å². The van der Waals surface area contributed by atoms with E-state index in [2.05, 4.69) is 286 Å². The number of benzene rings is 7. The molecule has 18 rings (SSSR count). The Bertz CT molecular complexity index is 4600. The first-order chi connectivity index (χ1) is 50.9. The van der Waals surface area contributed by atoms with Crippen molar-refractivity contribution in [2.75, 3.05) is 49.1 Å². The normalized spacial score (nSPS) is 19.7. The first-order valence-corrected chi connectivity index (χ1v) is 39.0. The second-order valence-electron chi connectivity index (χ2n) is 31.8. The third-order valence-corrected chi connectivity index (χ3v) is 22.6. The van der Waals surface area contributed by atoms with Gasteiger partial charge in [-0.2, -0.15) is 5.10 Å². The maximum atomic E-state index is 6.41. The van der Waals surface area contributed by atoms with E-state index in [0.29, 0.717) is 53.2 Å². The summed E-state index contributed by atoms with van der Waals surface area (Å²) in [6.45, 7) is 29.6. The fraction of sp³-hybridized carbons (Fsp3) is 0.402. The number of ether oxygens (including phenoxy) is 4. The number of fused-ring (bicyclic) bond motifs is 6. The number of rotatable bonds is 17. The van der Waals surface area contributed by atoms with Crippen molar-refractivity contribution in [3.63, 3.8) is 0 Å². The molecule has 7 aromatic carbocycles. The molecule has 4 atom stereocenters. The molecule has 2 saturated carbocycles. The predicted octanol–water partition coefficient (Wildman–Crippen LogP) is 17.4. The van der Waals surface area contributed by atoms with Gasteiger partial charge in [-0.1, -0.05) is 208 Å². The third kappa shape index (κ3) is 16.5. The van der Waals surface area contributed by atoms with Crippen molar-refractivity contribution in [2.45, 2.75) is 199 Å². The van der Waals surface area contributed by atoms with E-state index in [0.717, 1.165) is 139 Å². The number of nitrogens with zero attached hydrogens (tertiary/aromatic N) is 8. The van der Waals surface area contributed by atoms with Crippen LogP contribution in [0, 0.1) is 0 Å². The minimum absolute atomic E-state index is 0. The van der Waals surface area contributed by atoms with Crippen LogP contribution in [0.25, 0.3) is 22.2 Å². The number of nitrogens with one attached hydrogen (secondary N) is 1. The van der Waals surface area contributed by atoms with Crippen molar-refractivity contribution in [3.8, 4) is 22.8 Å². The van der Waals surface area contributed by atoms with Crippen molar-refractivity contribution in [2.24, 2.45) is 4.99 Å². The highest BCUT2D eigenvalue weighted by atomic mass is 35.5. The van der Waals surface area contributed by atoms with E-state index in [9.17, 15) is 0 Å². The lowest BCUT2D eigenvalue weighted by molar-refractivity contribution is -0.425. The van der Waals surface area contributed by atoms with Gasteiger partial charge in [0.05, 0.1) is 42.2 Å². The van der Waals surface area contributed by atoms with E-state index < -0.39 is 5.54 Å². The number of hydrogen-bond acceptors (Lipinski definition) is 11. The summed E-state index contributed by atoms with van der Waals surface area (Å²) in [6, 6.07) is 66.3. The van der Waals surface area contributed by atoms with Crippen molar-refractivity contribution < 1.29 is 35.9 Å². The van der Waals surface area contributed by atoms with E-state index in [4.69, 9.17) is 40.6 Å². The third-order valence-electron chi connectivity index (χ3n) is 22.4. The maximum absolute atomic E-state index is 6.41. The summed E-state index contributed by atoms with van der Waals surface area (Å²) >= 11 is 6.39. The van der Waals surface area contributed by atoms with Crippen molar-refractivity contribution in [1.82, 2.24) is 25.1 Å². The van der Waals surface area contributed by atoms with Gasteiger partial charge in [-0.3, -0.25) is 4.99 Å². The lowest BCUT2D eigenvalue weighted by Crippen LogP contribution is -3.00. The molecule has 15 heteroatoms. The Morgan fingerprint density at radius 2 is 1.07 bits per heavy atom. The van der Waals surface area contributed by atoms with Crippen LogP contribution >= 0.6 is 11.6 Å². The lowest BCUT2D eigenvalue weighted by Gasteiger charge is -2.37. The minimum atomic E-state index is -0.748. The summed E-state index contributed by atoms with van der Waals surface area (Å²) in [5, 5.41) is 10.2. The van der Waals surface area contributed by atoms with Crippen LogP contribution in [0.4, 0.5) is 17.2 Å². The Morgan fingerprint density at radius 1 is 0.561 bits per heavy atom. The zero-order valence-electron chi connectivity index (χ0n) is 63.3. The Labute approximate surface area is 646 Å². The molecule has 4 saturated heterocycles. The lowest BCUT2D eigenvalue weighted by atomic mass is 9.77.